The van der Waals surface area contributed by atoms with Gasteiger partial charge >= 0.3 is 12.4 Å². The average Bonchev–Trinajstić information content (AvgIpc) is 3.14. The zero-order chi connectivity index (χ0) is 22.8. The van der Waals surface area contributed by atoms with Gasteiger partial charge in [-0.1, -0.05) is 18.2 Å². The number of alkyl halides is 6. The fourth-order valence-electron chi connectivity index (χ4n) is 2.92. The first-order valence-corrected chi connectivity index (χ1v) is 9.53. The van der Waals surface area contributed by atoms with Gasteiger partial charge in [0.1, 0.15) is 12.4 Å². The lowest BCUT2D eigenvalue weighted by Crippen LogP contribution is -2.33. The Kier molecular flexibility index (Phi) is 6.27. The van der Waals surface area contributed by atoms with Crippen LogP contribution in [0, 0.1) is 12.4 Å². The first-order valence-electron chi connectivity index (χ1n) is 8.71. The Morgan fingerprint density at radius 2 is 1.58 bits per heavy atom. The monoisotopic (exact) mass is 458 g/mol. The zero-order valence-electron chi connectivity index (χ0n) is 15.6. The van der Waals surface area contributed by atoms with Gasteiger partial charge in [0.25, 0.3) is 0 Å². The van der Waals surface area contributed by atoms with Gasteiger partial charge < -0.3 is 4.90 Å². The number of thiophene rings is 1. The molecule has 0 aliphatic heterocycles. The van der Waals surface area contributed by atoms with E-state index in [1.54, 1.807) is 12.1 Å². The van der Waals surface area contributed by atoms with E-state index in [-0.39, 0.29) is 12.2 Å². The SMILES string of the molecule is [C-]#[N+]c1ccc(N(Cc2ccc(-c3ccc(F)cc3)s2)CC(F)(F)F)cc1C(F)(F)F. The number of halogens is 7. The molecule has 3 aromatic rings. The minimum atomic E-state index is -4.88. The van der Waals surface area contributed by atoms with E-state index in [1.165, 1.54) is 24.3 Å². The Morgan fingerprint density at radius 3 is 2.16 bits per heavy atom. The molecule has 1 heterocycles. The van der Waals surface area contributed by atoms with Crippen LogP contribution >= 0.6 is 11.3 Å². The molecule has 0 aliphatic carbocycles. The van der Waals surface area contributed by atoms with Crippen molar-refractivity contribution in [2.75, 3.05) is 11.4 Å². The van der Waals surface area contributed by atoms with Gasteiger partial charge in [0.2, 0.25) is 0 Å². The molecule has 0 atom stereocenters. The van der Waals surface area contributed by atoms with Gasteiger partial charge in [-0.2, -0.15) is 26.3 Å². The summed E-state index contributed by atoms with van der Waals surface area (Å²) in [5.74, 6) is -0.430. The van der Waals surface area contributed by atoms with Crippen LogP contribution in [0.4, 0.5) is 42.1 Å². The lowest BCUT2D eigenvalue weighted by Gasteiger charge is -2.26. The van der Waals surface area contributed by atoms with Gasteiger partial charge in [-0.25, -0.2) is 9.24 Å². The Bertz CT molecular complexity index is 1090. The highest BCUT2D eigenvalue weighted by molar-refractivity contribution is 7.15. The Morgan fingerprint density at radius 1 is 0.903 bits per heavy atom. The summed E-state index contributed by atoms with van der Waals surface area (Å²) < 4.78 is 92.3. The van der Waals surface area contributed by atoms with E-state index in [0.29, 0.717) is 21.4 Å². The molecule has 0 unspecified atom stereocenters. The van der Waals surface area contributed by atoms with E-state index >= 15 is 0 Å². The van der Waals surface area contributed by atoms with Crippen molar-refractivity contribution in [2.24, 2.45) is 0 Å². The smallest absolute Gasteiger partial charge is 0.357 e. The van der Waals surface area contributed by atoms with Crippen molar-refractivity contribution in [3.05, 3.63) is 82.3 Å². The lowest BCUT2D eigenvalue weighted by molar-refractivity contribution is -0.136. The number of anilines is 1. The third-order valence-electron chi connectivity index (χ3n) is 4.28. The molecule has 0 fully saturated rings. The fraction of sp³-hybridized carbons (Fsp3) is 0.190. The van der Waals surface area contributed by atoms with Crippen molar-refractivity contribution in [2.45, 2.75) is 18.9 Å². The molecular weight excluding hydrogens is 445 g/mol. The van der Waals surface area contributed by atoms with Gasteiger partial charge in [0.15, 0.2) is 5.69 Å². The maximum absolute atomic E-state index is 13.3. The van der Waals surface area contributed by atoms with Crippen LogP contribution in [0.25, 0.3) is 15.3 Å². The van der Waals surface area contributed by atoms with Crippen LogP contribution in [-0.4, -0.2) is 12.7 Å². The van der Waals surface area contributed by atoms with E-state index in [1.807, 2.05) is 0 Å². The van der Waals surface area contributed by atoms with Crippen LogP contribution in [-0.2, 0) is 12.7 Å². The van der Waals surface area contributed by atoms with Gasteiger partial charge in [0.05, 0.1) is 18.7 Å². The van der Waals surface area contributed by atoms with Crippen molar-refractivity contribution in [3.8, 4) is 10.4 Å². The second kappa shape index (κ2) is 8.59. The predicted octanol–water partition coefficient (Wildman–Crippen LogP) is 7.69. The first kappa shape index (κ1) is 22.6. The molecule has 3 rings (SSSR count). The summed E-state index contributed by atoms with van der Waals surface area (Å²) in [6, 6.07) is 11.3. The summed E-state index contributed by atoms with van der Waals surface area (Å²) in [5, 5.41) is 0. The molecule has 10 heteroatoms. The van der Waals surface area contributed by atoms with Crippen LogP contribution in [0.3, 0.4) is 0 Å². The normalized spacial score (nSPS) is 11.9. The van der Waals surface area contributed by atoms with Gasteiger partial charge in [0, 0.05) is 15.4 Å². The zero-order valence-corrected chi connectivity index (χ0v) is 16.4. The number of rotatable bonds is 5. The Labute approximate surface area is 177 Å². The Balaban J connectivity index is 1.94. The van der Waals surface area contributed by atoms with Gasteiger partial charge in [-0.3, -0.25) is 0 Å². The standard InChI is InChI=1S/C21H13F7N2S/c1-29-18-8-6-15(10-17(18)21(26,27)28)30(12-20(23,24)25)11-16-7-9-19(31-16)13-2-4-14(22)5-3-13/h2-10H,11-12H2. The van der Waals surface area contributed by atoms with Crippen molar-refractivity contribution in [1.29, 1.82) is 0 Å². The molecular formula is C21H13F7N2S. The molecule has 0 amide bonds. The largest absolute Gasteiger partial charge is 0.407 e. The summed E-state index contributed by atoms with van der Waals surface area (Å²) in [5.41, 5.74) is -1.60. The van der Waals surface area contributed by atoms with Crippen LogP contribution in [0.1, 0.15) is 10.4 Å². The minimum Gasteiger partial charge on any atom is -0.357 e. The second-order valence-electron chi connectivity index (χ2n) is 6.56. The topological polar surface area (TPSA) is 7.60 Å². The number of nitrogens with zero attached hydrogens (tertiary/aromatic N) is 2. The summed E-state index contributed by atoms with van der Waals surface area (Å²) in [7, 11) is 0. The molecule has 2 nitrogen and oxygen atoms in total. The summed E-state index contributed by atoms with van der Waals surface area (Å²) >= 11 is 1.16. The van der Waals surface area contributed by atoms with Gasteiger partial charge in [-0.05, 0) is 42.0 Å². The molecule has 0 radical (unpaired) electrons. The third kappa shape index (κ3) is 5.76. The molecule has 0 spiro atoms. The predicted molar refractivity (Wildman–Crippen MR) is 105 cm³/mol. The van der Waals surface area contributed by atoms with Crippen molar-refractivity contribution >= 4 is 22.7 Å². The summed E-state index contributed by atoms with van der Waals surface area (Å²) in [4.78, 5) is 4.74. The minimum absolute atomic E-state index is 0.292. The van der Waals surface area contributed by atoms with Crippen LogP contribution in [0.5, 0.6) is 0 Å². The van der Waals surface area contributed by atoms with Gasteiger partial charge in [-0.15, -0.1) is 11.3 Å². The van der Waals surface area contributed by atoms with Crippen molar-refractivity contribution in [3.63, 3.8) is 0 Å². The number of hydrogen-bond acceptors (Lipinski definition) is 2. The summed E-state index contributed by atoms with van der Waals surface area (Å²) in [6.45, 7) is 5.11. The van der Waals surface area contributed by atoms with E-state index in [4.69, 9.17) is 6.57 Å². The first-order chi connectivity index (χ1) is 14.5. The van der Waals surface area contributed by atoms with Crippen LogP contribution in [0.15, 0.2) is 54.6 Å². The second-order valence-corrected chi connectivity index (χ2v) is 7.72. The lowest BCUT2D eigenvalue weighted by atomic mass is 10.1. The van der Waals surface area contributed by atoms with Crippen molar-refractivity contribution < 1.29 is 30.7 Å². The maximum atomic E-state index is 13.3. The molecule has 31 heavy (non-hydrogen) atoms. The van der Waals surface area contributed by atoms with E-state index < -0.39 is 36.0 Å². The molecule has 2 aromatic carbocycles. The molecule has 0 N–H and O–H groups in total. The third-order valence-corrected chi connectivity index (χ3v) is 5.40. The van der Waals surface area contributed by atoms with E-state index in [0.717, 1.165) is 28.4 Å². The highest BCUT2D eigenvalue weighted by Crippen LogP contribution is 2.40. The van der Waals surface area contributed by atoms with Crippen LogP contribution in [0.2, 0.25) is 0 Å². The Hall–Kier alpha value is -3.06. The molecule has 0 saturated heterocycles. The molecule has 0 bridgehead atoms. The molecule has 0 saturated carbocycles. The van der Waals surface area contributed by atoms with Crippen molar-refractivity contribution in [1.82, 2.24) is 0 Å². The maximum Gasteiger partial charge on any atom is 0.407 e. The number of hydrogen-bond donors (Lipinski definition) is 0. The van der Waals surface area contributed by atoms with Crippen LogP contribution < -0.4 is 4.90 Å². The highest BCUT2D eigenvalue weighted by Gasteiger charge is 2.36. The quantitative estimate of drug-likeness (QED) is 0.281. The van der Waals surface area contributed by atoms with E-state index in [9.17, 15) is 30.7 Å². The average molecular weight is 458 g/mol. The molecule has 162 valence electrons. The number of benzene rings is 2. The highest BCUT2D eigenvalue weighted by atomic mass is 32.1. The molecule has 1 aromatic heterocycles. The fourth-order valence-corrected chi connectivity index (χ4v) is 3.95. The van der Waals surface area contributed by atoms with E-state index in [2.05, 4.69) is 4.85 Å². The molecule has 0 aliphatic rings. The summed E-state index contributed by atoms with van der Waals surface area (Å²) in [6.07, 6.45) is -9.54.